The molecule has 1 fully saturated rings. The molecule has 0 amide bonds. The zero-order valence-electron chi connectivity index (χ0n) is 11.8. The molecule has 0 spiro atoms. The number of aryl methyl sites for hydroxylation is 1. The Morgan fingerprint density at radius 1 is 1.05 bits per heavy atom. The van der Waals surface area contributed by atoms with Gasteiger partial charge in [-0.2, -0.15) is 0 Å². The van der Waals surface area contributed by atoms with Crippen molar-refractivity contribution in [3.05, 3.63) is 59.7 Å². The van der Waals surface area contributed by atoms with Crippen LogP contribution in [-0.2, 0) is 0 Å². The number of aromatic nitrogens is 2. The van der Waals surface area contributed by atoms with Gasteiger partial charge in [-0.05, 0) is 31.2 Å². The van der Waals surface area contributed by atoms with Crippen LogP contribution >= 0.6 is 0 Å². The number of nitrogens with one attached hydrogen (secondary N) is 1. The molecule has 2 aromatic rings. The molecule has 4 nitrogen and oxygen atoms in total. The van der Waals surface area contributed by atoms with E-state index in [0.717, 1.165) is 43.3 Å². The number of piperazine rings is 1. The summed E-state index contributed by atoms with van der Waals surface area (Å²) in [5.74, 6) is 0. The van der Waals surface area contributed by atoms with Gasteiger partial charge in [-0.3, -0.25) is 14.9 Å². The van der Waals surface area contributed by atoms with Gasteiger partial charge >= 0.3 is 0 Å². The van der Waals surface area contributed by atoms with E-state index in [-0.39, 0.29) is 6.04 Å². The van der Waals surface area contributed by atoms with Crippen molar-refractivity contribution in [2.24, 2.45) is 0 Å². The fourth-order valence-corrected chi connectivity index (χ4v) is 2.72. The first kappa shape index (κ1) is 13.2. The van der Waals surface area contributed by atoms with Gasteiger partial charge in [-0.25, -0.2) is 0 Å². The molecule has 1 aliphatic rings. The number of rotatable bonds is 3. The summed E-state index contributed by atoms with van der Waals surface area (Å²) in [5.41, 5.74) is 3.22. The second-order valence-corrected chi connectivity index (χ2v) is 5.15. The van der Waals surface area contributed by atoms with Crippen LogP contribution in [0.25, 0.3) is 0 Å². The van der Waals surface area contributed by atoms with Crippen molar-refractivity contribution >= 4 is 0 Å². The van der Waals surface area contributed by atoms with Crippen molar-refractivity contribution in [3.63, 3.8) is 0 Å². The van der Waals surface area contributed by atoms with Crippen LogP contribution in [0.1, 0.15) is 23.1 Å². The number of hydrogen-bond acceptors (Lipinski definition) is 4. The summed E-state index contributed by atoms with van der Waals surface area (Å²) in [4.78, 5) is 11.7. The summed E-state index contributed by atoms with van der Waals surface area (Å²) in [6.45, 7) is 6.13. The predicted molar refractivity (Wildman–Crippen MR) is 79.5 cm³/mol. The van der Waals surface area contributed by atoms with Gasteiger partial charge < -0.3 is 5.32 Å². The lowest BCUT2D eigenvalue weighted by Crippen LogP contribution is -2.45. The van der Waals surface area contributed by atoms with Crippen LogP contribution in [0.4, 0.5) is 0 Å². The van der Waals surface area contributed by atoms with Crippen LogP contribution in [0.3, 0.4) is 0 Å². The fraction of sp³-hybridized carbons (Fsp3) is 0.375. The SMILES string of the molecule is Cc1cccc(C(c2ccccn2)N2CCNCC2)n1. The molecule has 1 aliphatic heterocycles. The maximum Gasteiger partial charge on any atom is 0.0950 e. The van der Waals surface area contributed by atoms with Crippen LogP contribution in [0, 0.1) is 6.92 Å². The molecule has 0 saturated carbocycles. The van der Waals surface area contributed by atoms with Gasteiger partial charge in [0.2, 0.25) is 0 Å². The van der Waals surface area contributed by atoms with E-state index in [2.05, 4.69) is 33.4 Å². The summed E-state index contributed by atoms with van der Waals surface area (Å²) in [7, 11) is 0. The molecule has 1 saturated heterocycles. The number of pyridine rings is 2. The molecule has 1 N–H and O–H groups in total. The number of nitrogens with zero attached hydrogens (tertiary/aromatic N) is 3. The predicted octanol–water partition coefficient (Wildman–Crippen LogP) is 1.78. The monoisotopic (exact) mass is 268 g/mol. The summed E-state index contributed by atoms with van der Waals surface area (Å²) >= 11 is 0. The lowest BCUT2D eigenvalue weighted by molar-refractivity contribution is 0.192. The second-order valence-electron chi connectivity index (χ2n) is 5.15. The maximum atomic E-state index is 4.72. The molecule has 0 bridgehead atoms. The van der Waals surface area contributed by atoms with E-state index in [1.54, 1.807) is 0 Å². The maximum absolute atomic E-state index is 4.72. The number of hydrogen-bond donors (Lipinski definition) is 1. The van der Waals surface area contributed by atoms with Crippen LogP contribution in [-0.4, -0.2) is 41.0 Å². The molecule has 2 aromatic heterocycles. The van der Waals surface area contributed by atoms with Crippen molar-refractivity contribution in [1.29, 1.82) is 0 Å². The molecule has 0 aromatic carbocycles. The zero-order chi connectivity index (χ0) is 13.8. The van der Waals surface area contributed by atoms with E-state index >= 15 is 0 Å². The van der Waals surface area contributed by atoms with Gasteiger partial charge in [0, 0.05) is 38.1 Å². The molecule has 4 heteroatoms. The Labute approximate surface area is 119 Å². The molecule has 20 heavy (non-hydrogen) atoms. The summed E-state index contributed by atoms with van der Waals surface area (Å²) in [5, 5.41) is 3.40. The molecule has 1 atom stereocenters. The third-order valence-corrected chi connectivity index (χ3v) is 3.67. The van der Waals surface area contributed by atoms with E-state index in [9.17, 15) is 0 Å². The summed E-state index contributed by atoms with van der Waals surface area (Å²) in [6, 6.07) is 12.5. The molecule has 1 unspecified atom stereocenters. The van der Waals surface area contributed by atoms with Crippen LogP contribution < -0.4 is 5.32 Å². The van der Waals surface area contributed by atoms with Gasteiger partial charge in [0.15, 0.2) is 0 Å². The minimum absolute atomic E-state index is 0.151. The average Bonchev–Trinajstić information content (AvgIpc) is 2.50. The topological polar surface area (TPSA) is 41.1 Å². The highest BCUT2D eigenvalue weighted by Crippen LogP contribution is 2.26. The minimum atomic E-state index is 0.151. The lowest BCUT2D eigenvalue weighted by Gasteiger charge is -2.34. The Bertz CT molecular complexity index is 549. The minimum Gasteiger partial charge on any atom is -0.314 e. The summed E-state index contributed by atoms with van der Waals surface area (Å²) < 4.78 is 0. The molecule has 0 aliphatic carbocycles. The summed E-state index contributed by atoms with van der Waals surface area (Å²) in [6.07, 6.45) is 1.86. The Morgan fingerprint density at radius 2 is 1.85 bits per heavy atom. The first-order chi connectivity index (χ1) is 9.84. The first-order valence-electron chi connectivity index (χ1n) is 7.14. The normalized spacial score (nSPS) is 17.9. The van der Waals surface area contributed by atoms with Gasteiger partial charge in [0.25, 0.3) is 0 Å². The Kier molecular flexibility index (Phi) is 4.04. The van der Waals surface area contributed by atoms with E-state index < -0.39 is 0 Å². The van der Waals surface area contributed by atoms with Crippen molar-refractivity contribution < 1.29 is 0 Å². The van der Waals surface area contributed by atoms with Gasteiger partial charge in [0.1, 0.15) is 0 Å². The largest absolute Gasteiger partial charge is 0.314 e. The molecule has 3 heterocycles. The van der Waals surface area contributed by atoms with Gasteiger partial charge in [-0.15, -0.1) is 0 Å². The van der Waals surface area contributed by atoms with E-state index in [0.29, 0.717) is 0 Å². The van der Waals surface area contributed by atoms with Crippen LogP contribution in [0.2, 0.25) is 0 Å². The van der Waals surface area contributed by atoms with Gasteiger partial charge in [0.05, 0.1) is 17.4 Å². The van der Waals surface area contributed by atoms with E-state index in [1.165, 1.54) is 0 Å². The lowest BCUT2D eigenvalue weighted by atomic mass is 10.1. The van der Waals surface area contributed by atoms with Crippen molar-refractivity contribution in [1.82, 2.24) is 20.2 Å². The molecular weight excluding hydrogens is 248 g/mol. The Hall–Kier alpha value is -1.78. The third kappa shape index (κ3) is 2.86. The van der Waals surface area contributed by atoms with Crippen LogP contribution in [0.15, 0.2) is 42.6 Å². The molecule has 0 radical (unpaired) electrons. The third-order valence-electron chi connectivity index (χ3n) is 3.67. The first-order valence-corrected chi connectivity index (χ1v) is 7.14. The van der Waals surface area contributed by atoms with E-state index in [1.807, 2.05) is 31.3 Å². The average molecular weight is 268 g/mol. The molecule has 104 valence electrons. The van der Waals surface area contributed by atoms with Gasteiger partial charge in [-0.1, -0.05) is 12.1 Å². The highest BCUT2D eigenvalue weighted by atomic mass is 15.2. The van der Waals surface area contributed by atoms with Crippen molar-refractivity contribution in [2.75, 3.05) is 26.2 Å². The highest BCUT2D eigenvalue weighted by molar-refractivity contribution is 5.24. The molecule has 3 rings (SSSR count). The van der Waals surface area contributed by atoms with E-state index in [4.69, 9.17) is 4.98 Å². The fourth-order valence-electron chi connectivity index (χ4n) is 2.72. The van der Waals surface area contributed by atoms with Crippen molar-refractivity contribution in [3.8, 4) is 0 Å². The second kappa shape index (κ2) is 6.11. The van der Waals surface area contributed by atoms with Crippen LogP contribution in [0.5, 0.6) is 0 Å². The standard InChI is InChI=1S/C16H20N4/c1-13-5-4-7-15(19-13)16(14-6-2-3-8-18-14)20-11-9-17-10-12-20/h2-8,16-17H,9-12H2,1H3. The van der Waals surface area contributed by atoms with Crippen molar-refractivity contribution in [2.45, 2.75) is 13.0 Å². The Balaban J connectivity index is 1.98. The Morgan fingerprint density at radius 3 is 2.55 bits per heavy atom. The zero-order valence-corrected chi connectivity index (χ0v) is 11.8. The smallest absolute Gasteiger partial charge is 0.0950 e. The molecular formula is C16H20N4. The quantitative estimate of drug-likeness (QED) is 0.921. The highest BCUT2D eigenvalue weighted by Gasteiger charge is 2.25.